The van der Waals surface area contributed by atoms with Crippen molar-refractivity contribution >= 4 is 23.6 Å². The lowest BCUT2D eigenvalue weighted by atomic mass is 10.0. The SMILES string of the molecule is C[C@@H]1CC(=O)OCSC[C@@]2(O)c3ccccc3C(=O)N12. The predicted octanol–water partition coefficient (Wildman–Crippen LogP) is 1.31. The van der Waals surface area contributed by atoms with Gasteiger partial charge >= 0.3 is 5.97 Å². The highest BCUT2D eigenvalue weighted by Crippen LogP contribution is 2.41. The van der Waals surface area contributed by atoms with Gasteiger partial charge in [-0.05, 0) is 13.0 Å². The maximum absolute atomic E-state index is 12.5. The maximum Gasteiger partial charge on any atom is 0.308 e. The van der Waals surface area contributed by atoms with Crippen molar-refractivity contribution in [3.63, 3.8) is 0 Å². The van der Waals surface area contributed by atoms with Gasteiger partial charge in [-0.2, -0.15) is 0 Å². The molecule has 2 aliphatic heterocycles. The van der Waals surface area contributed by atoms with Gasteiger partial charge in [0.05, 0.1) is 6.42 Å². The molecule has 2 aliphatic rings. The van der Waals surface area contributed by atoms with Crippen LogP contribution in [0.2, 0.25) is 0 Å². The molecule has 1 amide bonds. The van der Waals surface area contributed by atoms with Crippen LogP contribution in [0.1, 0.15) is 29.3 Å². The topological polar surface area (TPSA) is 66.8 Å². The molecule has 2 atom stereocenters. The molecule has 0 spiro atoms. The first-order valence-corrected chi connectivity index (χ1v) is 7.58. The standard InChI is InChI=1S/C14H15NO4S/c1-9-6-12(16)19-8-20-7-14(18)11-5-3-2-4-10(11)13(17)15(9)14/h2-5,9,18H,6-8H2,1H3/t9-,14-/m1/s1. The molecule has 0 aromatic heterocycles. The number of hydrogen-bond acceptors (Lipinski definition) is 5. The van der Waals surface area contributed by atoms with Crippen molar-refractivity contribution in [2.75, 3.05) is 11.7 Å². The zero-order valence-corrected chi connectivity index (χ0v) is 11.9. The van der Waals surface area contributed by atoms with E-state index in [9.17, 15) is 14.7 Å². The van der Waals surface area contributed by atoms with E-state index in [0.29, 0.717) is 11.1 Å². The zero-order chi connectivity index (χ0) is 14.3. The highest BCUT2D eigenvalue weighted by Gasteiger charge is 2.50. The van der Waals surface area contributed by atoms with Crippen LogP contribution in [0.4, 0.5) is 0 Å². The van der Waals surface area contributed by atoms with Crippen molar-refractivity contribution in [3.8, 4) is 0 Å². The molecule has 0 unspecified atom stereocenters. The third-order valence-electron chi connectivity index (χ3n) is 3.72. The lowest BCUT2D eigenvalue weighted by Crippen LogP contribution is -2.50. The number of cyclic esters (lactones) is 1. The summed E-state index contributed by atoms with van der Waals surface area (Å²) in [6.45, 7) is 1.76. The number of amides is 1. The van der Waals surface area contributed by atoms with Crippen LogP contribution < -0.4 is 0 Å². The Morgan fingerprint density at radius 2 is 2.15 bits per heavy atom. The number of thioether (sulfide) groups is 1. The second kappa shape index (κ2) is 4.79. The number of rotatable bonds is 0. The monoisotopic (exact) mass is 293 g/mol. The number of esters is 1. The van der Waals surface area contributed by atoms with E-state index in [-0.39, 0.29) is 30.0 Å². The Balaban J connectivity index is 2.09. The first kappa shape index (κ1) is 13.5. The number of aliphatic hydroxyl groups is 1. The molecular weight excluding hydrogens is 278 g/mol. The minimum Gasteiger partial charge on any atom is -0.455 e. The van der Waals surface area contributed by atoms with E-state index in [1.165, 1.54) is 16.7 Å². The number of fused-ring (bicyclic) bond motifs is 3. The third kappa shape index (κ3) is 1.91. The summed E-state index contributed by atoms with van der Waals surface area (Å²) in [5.41, 5.74) is -0.249. The first-order valence-electron chi connectivity index (χ1n) is 6.43. The smallest absolute Gasteiger partial charge is 0.308 e. The lowest BCUT2D eigenvalue weighted by Gasteiger charge is -2.37. The summed E-state index contributed by atoms with van der Waals surface area (Å²) in [5, 5.41) is 11.0. The van der Waals surface area contributed by atoms with Gasteiger partial charge in [-0.3, -0.25) is 9.59 Å². The molecule has 0 bridgehead atoms. The molecule has 106 valence electrons. The van der Waals surface area contributed by atoms with Crippen LogP contribution in [0.3, 0.4) is 0 Å². The van der Waals surface area contributed by atoms with Gasteiger partial charge < -0.3 is 14.7 Å². The highest BCUT2D eigenvalue weighted by molar-refractivity contribution is 7.99. The molecule has 1 N–H and O–H groups in total. The van der Waals surface area contributed by atoms with Crippen molar-refractivity contribution in [1.82, 2.24) is 4.90 Å². The zero-order valence-electron chi connectivity index (χ0n) is 11.0. The Labute approximate surface area is 120 Å². The second-order valence-electron chi connectivity index (χ2n) is 5.07. The molecule has 3 rings (SSSR count). The van der Waals surface area contributed by atoms with Gasteiger partial charge in [0.15, 0.2) is 5.72 Å². The largest absolute Gasteiger partial charge is 0.455 e. The van der Waals surface area contributed by atoms with E-state index in [1.807, 2.05) is 0 Å². The summed E-state index contributed by atoms with van der Waals surface area (Å²) in [6.07, 6.45) is 0.0859. The molecule has 0 saturated carbocycles. The normalized spacial score (nSPS) is 29.9. The minimum atomic E-state index is -1.37. The van der Waals surface area contributed by atoms with E-state index >= 15 is 0 Å². The third-order valence-corrected chi connectivity index (χ3v) is 4.61. The molecule has 1 aromatic carbocycles. The number of nitrogens with zero attached hydrogens (tertiary/aromatic N) is 1. The van der Waals surface area contributed by atoms with E-state index < -0.39 is 11.8 Å². The average Bonchev–Trinajstić information content (AvgIpc) is 2.66. The summed E-state index contributed by atoms with van der Waals surface area (Å²) in [4.78, 5) is 25.6. The molecule has 1 fully saturated rings. The highest BCUT2D eigenvalue weighted by atomic mass is 32.2. The molecule has 0 radical (unpaired) electrons. The number of carbonyl (C=O) groups is 2. The number of ether oxygens (including phenoxy) is 1. The lowest BCUT2D eigenvalue weighted by molar-refractivity contribution is -0.144. The fourth-order valence-electron chi connectivity index (χ4n) is 2.84. The van der Waals surface area contributed by atoms with Crippen molar-refractivity contribution in [3.05, 3.63) is 35.4 Å². The Morgan fingerprint density at radius 3 is 2.95 bits per heavy atom. The van der Waals surface area contributed by atoms with Crippen molar-refractivity contribution in [1.29, 1.82) is 0 Å². The molecule has 1 aromatic rings. The first-order chi connectivity index (χ1) is 9.54. The van der Waals surface area contributed by atoms with Gasteiger partial charge in [0.1, 0.15) is 5.94 Å². The van der Waals surface area contributed by atoms with Gasteiger partial charge in [-0.1, -0.05) is 18.2 Å². The Hall–Kier alpha value is -1.53. The number of benzene rings is 1. The molecule has 2 heterocycles. The Morgan fingerprint density at radius 1 is 1.40 bits per heavy atom. The van der Waals surface area contributed by atoms with E-state index in [4.69, 9.17) is 4.74 Å². The minimum absolute atomic E-state index is 0.0859. The maximum atomic E-state index is 12.5. The van der Waals surface area contributed by atoms with E-state index in [0.717, 1.165) is 0 Å². The van der Waals surface area contributed by atoms with Gasteiger partial charge in [0, 0.05) is 22.9 Å². The van der Waals surface area contributed by atoms with E-state index in [2.05, 4.69) is 0 Å². The summed E-state index contributed by atoms with van der Waals surface area (Å²) < 4.78 is 5.04. The molecule has 1 saturated heterocycles. The van der Waals surface area contributed by atoms with Gasteiger partial charge in [-0.15, -0.1) is 11.8 Å². The molecule has 5 nitrogen and oxygen atoms in total. The van der Waals surface area contributed by atoms with Gasteiger partial charge in [0.25, 0.3) is 5.91 Å². The van der Waals surface area contributed by atoms with Crippen molar-refractivity contribution in [2.24, 2.45) is 0 Å². The average molecular weight is 293 g/mol. The summed E-state index contributed by atoms with van der Waals surface area (Å²) in [7, 11) is 0. The number of carbonyl (C=O) groups excluding carboxylic acids is 2. The number of hydrogen-bond donors (Lipinski definition) is 1. The van der Waals surface area contributed by atoms with Gasteiger partial charge in [-0.25, -0.2) is 0 Å². The fourth-order valence-corrected chi connectivity index (χ4v) is 3.72. The fraction of sp³-hybridized carbons (Fsp3) is 0.429. The second-order valence-corrected chi connectivity index (χ2v) is 6.01. The predicted molar refractivity (Wildman–Crippen MR) is 74.0 cm³/mol. The van der Waals surface area contributed by atoms with Crippen LogP contribution >= 0.6 is 11.8 Å². The summed E-state index contributed by atoms with van der Waals surface area (Å²) in [6, 6.07) is 6.65. The van der Waals surface area contributed by atoms with Crippen LogP contribution in [0.5, 0.6) is 0 Å². The van der Waals surface area contributed by atoms with Crippen LogP contribution in [0.25, 0.3) is 0 Å². The van der Waals surface area contributed by atoms with E-state index in [1.54, 1.807) is 31.2 Å². The Kier molecular flexibility index (Phi) is 3.22. The van der Waals surface area contributed by atoms with Crippen molar-refractivity contribution in [2.45, 2.75) is 25.1 Å². The van der Waals surface area contributed by atoms with Crippen LogP contribution in [-0.2, 0) is 15.3 Å². The van der Waals surface area contributed by atoms with Gasteiger partial charge in [0.2, 0.25) is 0 Å². The van der Waals surface area contributed by atoms with Crippen LogP contribution in [0, 0.1) is 0 Å². The quantitative estimate of drug-likeness (QED) is 0.731. The Bertz CT molecular complexity index is 576. The molecular formula is C14H15NO4S. The van der Waals surface area contributed by atoms with Crippen LogP contribution in [0.15, 0.2) is 24.3 Å². The summed E-state index contributed by atoms with van der Waals surface area (Å²) in [5.74, 6) is -0.102. The molecule has 0 aliphatic carbocycles. The van der Waals surface area contributed by atoms with Crippen LogP contribution in [-0.4, -0.2) is 39.6 Å². The summed E-state index contributed by atoms with van der Waals surface area (Å²) >= 11 is 1.30. The molecule has 20 heavy (non-hydrogen) atoms. The van der Waals surface area contributed by atoms with Crippen molar-refractivity contribution < 1.29 is 19.4 Å². The molecule has 6 heteroatoms.